The average molecular weight is 310 g/mol. The molecule has 22 heavy (non-hydrogen) atoms. The fourth-order valence-corrected chi connectivity index (χ4v) is 3.73. The van der Waals surface area contributed by atoms with Gasteiger partial charge in [-0.25, -0.2) is 9.59 Å². The third kappa shape index (κ3) is 1.98. The second-order valence-electron chi connectivity index (χ2n) is 5.52. The van der Waals surface area contributed by atoms with Crippen molar-refractivity contribution < 1.29 is 38.1 Å². The van der Waals surface area contributed by atoms with E-state index in [4.69, 9.17) is 14.2 Å². The summed E-state index contributed by atoms with van der Waals surface area (Å²) in [5.74, 6) is -4.28. The third-order valence-electron chi connectivity index (χ3n) is 4.49. The Labute approximate surface area is 125 Å². The lowest BCUT2D eigenvalue weighted by Gasteiger charge is -2.34. The zero-order valence-corrected chi connectivity index (χ0v) is 11.6. The van der Waals surface area contributed by atoms with Crippen LogP contribution in [0.3, 0.4) is 0 Å². The van der Waals surface area contributed by atoms with Crippen molar-refractivity contribution in [3.8, 4) is 0 Å². The van der Waals surface area contributed by atoms with Gasteiger partial charge in [0.1, 0.15) is 0 Å². The molecule has 0 aromatic heterocycles. The maximum Gasteiger partial charge on any atom is 0.344 e. The van der Waals surface area contributed by atoms with E-state index < -0.39 is 36.4 Å². The Morgan fingerprint density at radius 1 is 1.41 bits per heavy atom. The third-order valence-corrected chi connectivity index (χ3v) is 4.49. The van der Waals surface area contributed by atoms with Crippen LogP contribution >= 0.6 is 0 Å². The fraction of sp³-hybridized carbons (Fsp3) is 0.571. The van der Waals surface area contributed by atoms with Gasteiger partial charge in [-0.15, -0.1) is 0 Å². The maximum atomic E-state index is 11.8. The lowest BCUT2D eigenvalue weighted by atomic mass is 9.85. The number of carbonyl (C=O) groups is 4. The molecule has 8 heteroatoms. The van der Waals surface area contributed by atoms with Gasteiger partial charge in [0.15, 0.2) is 12.7 Å². The second kappa shape index (κ2) is 5.11. The first-order valence-electron chi connectivity index (χ1n) is 6.84. The summed E-state index contributed by atoms with van der Waals surface area (Å²) in [6, 6.07) is 0. The molecule has 3 aliphatic rings. The smallest absolute Gasteiger partial charge is 0.344 e. The van der Waals surface area contributed by atoms with Crippen LogP contribution in [0.5, 0.6) is 0 Å². The molecule has 0 radical (unpaired) electrons. The molecule has 2 aliphatic carbocycles. The highest BCUT2D eigenvalue weighted by atomic mass is 16.8. The summed E-state index contributed by atoms with van der Waals surface area (Å²) < 4.78 is 20.1. The fourth-order valence-electron chi connectivity index (χ4n) is 3.73. The molecule has 0 N–H and O–H groups in total. The molecule has 8 nitrogen and oxygen atoms in total. The first kappa shape index (κ1) is 14.6. The zero-order valence-electron chi connectivity index (χ0n) is 11.6. The van der Waals surface area contributed by atoms with E-state index in [1.54, 1.807) is 0 Å². The number of hydrogen-bond donors (Lipinski definition) is 0. The van der Waals surface area contributed by atoms with E-state index in [2.05, 4.69) is 11.3 Å². The molecule has 1 aliphatic heterocycles. The Kier molecular flexibility index (Phi) is 3.38. The number of rotatable bonds is 6. The quantitative estimate of drug-likeness (QED) is 0.285. The molecule has 3 fully saturated rings. The van der Waals surface area contributed by atoms with E-state index in [0.717, 1.165) is 6.08 Å². The van der Waals surface area contributed by atoms with Crippen molar-refractivity contribution >= 4 is 24.4 Å². The maximum absolute atomic E-state index is 11.8. The highest BCUT2D eigenvalue weighted by Gasteiger charge is 2.74. The molecule has 5 atom stereocenters. The van der Waals surface area contributed by atoms with Gasteiger partial charge in [-0.1, -0.05) is 6.58 Å². The van der Waals surface area contributed by atoms with Crippen molar-refractivity contribution in [1.29, 1.82) is 0 Å². The monoisotopic (exact) mass is 310 g/mol. The van der Waals surface area contributed by atoms with Crippen LogP contribution in [0.4, 0.5) is 0 Å². The van der Waals surface area contributed by atoms with Crippen molar-refractivity contribution in [2.75, 3.05) is 6.61 Å². The van der Waals surface area contributed by atoms with Gasteiger partial charge in [-0.2, -0.15) is 0 Å². The van der Waals surface area contributed by atoms with Crippen LogP contribution in [0.15, 0.2) is 12.7 Å². The van der Waals surface area contributed by atoms with Gasteiger partial charge in [0, 0.05) is 12.0 Å². The number of fused-ring (bicyclic) bond motifs is 1. The zero-order chi connectivity index (χ0) is 15.9. The van der Waals surface area contributed by atoms with Gasteiger partial charge >= 0.3 is 17.9 Å². The normalized spacial score (nSPS) is 37.4. The van der Waals surface area contributed by atoms with Gasteiger partial charge in [-0.05, 0) is 12.8 Å². The van der Waals surface area contributed by atoms with Crippen LogP contribution in [-0.2, 0) is 38.1 Å². The Morgan fingerprint density at radius 2 is 2.18 bits per heavy atom. The Morgan fingerprint density at radius 3 is 2.86 bits per heavy atom. The highest BCUT2D eigenvalue weighted by molar-refractivity contribution is 5.84. The number of ether oxygens (including phenoxy) is 4. The summed E-state index contributed by atoms with van der Waals surface area (Å²) >= 11 is 0. The molecule has 1 heterocycles. The van der Waals surface area contributed by atoms with E-state index in [1.165, 1.54) is 0 Å². The minimum absolute atomic E-state index is 0.125. The van der Waals surface area contributed by atoms with Gasteiger partial charge < -0.3 is 18.9 Å². The van der Waals surface area contributed by atoms with E-state index in [9.17, 15) is 19.2 Å². The van der Waals surface area contributed by atoms with Gasteiger partial charge in [0.05, 0.1) is 11.8 Å². The second-order valence-corrected chi connectivity index (χ2v) is 5.52. The first-order chi connectivity index (χ1) is 10.5. The number of hydrogen-bond acceptors (Lipinski definition) is 8. The molecule has 0 aromatic rings. The summed E-state index contributed by atoms with van der Waals surface area (Å²) in [7, 11) is 0. The predicted octanol–water partition coefficient (Wildman–Crippen LogP) is -0.291. The Hall–Kier alpha value is -2.38. The predicted molar refractivity (Wildman–Crippen MR) is 66.7 cm³/mol. The Bertz CT molecular complexity index is 555. The van der Waals surface area contributed by atoms with Gasteiger partial charge in [0.2, 0.25) is 0 Å². The largest absolute Gasteiger partial charge is 0.451 e. The molecule has 5 unspecified atom stereocenters. The summed E-state index contributed by atoms with van der Waals surface area (Å²) in [5, 5.41) is 0. The molecule has 1 saturated heterocycles. The minimum atomic E-state index is -1.54. The van der Waals surface area contributed by atoms with Crippen LogP contribution in [0.25, 0.3) is 0 Å². The van der Waals surface area contributed by atoms with Crippen molar-refractivity contribution in [3.63, 3.8) is 0 Å². The molecule has 118 valence electrons. The van der Waals surface area contributed by atoms with E-state index in [-0.39, 0.29) is 24.2 Å². The highest BCUT2D eigenvalue weighted by Crippen LogP contribution is 2.61. The van der Waals surface area contributed by atoms with Gasteiger partial charge in [-0.3, -0.25) is 9.59 Å². The molecule has 0 aromatic carbocycles. The van der Waals surface area contributed by atoms with Crippen molar-refractivity contribution in [1.82, 2.24) is 0 Å². The molecule has 0 spiro atoms. The molecule has 3 rings (SSSR count). The Balaban J connectivity index is 1.72. The molecule has 0 amide bonds. The van der Waals surface area contributed by atoms with Gasteiger partial charge in [0.25, 0.3) is 12.3 Å². The SMILES string of the molecule is C=CC(=O)OCC(=O)OC1C2CC3C(=O)OC1(OC=O)C3C2. The van der Waals surface area contributed by atoms with Crippen LogP contribution in [0.1, 0.15) is 12.8 Å². The van der Waals surface area contributed by atoms with E-state index in [0.29, 0.717) is 12.8 Å². The van der Waals surface area contributed by atoms with Crippen molar-refractivity contribution in [2.45, 2.75) is 24.7 Å². The minimum Gasteiger partial charge on any atom is -0.451 e. The number of carbonyl (C=O) groups excluding carboxylic acids is 4. The molecular formula is C14H14O8. The lowest BCUT2D eigenvalue weighted by Crippen LogP contribution is -2.51. The van der Waals surface area contributed by atoms with Crippen LogP contribution in [0, 0.1) is 17.8 Å². The van der Waals surface area contributed by atoms with Crippen molar-refractivity contribution in [2.24, 2.45) is 17.8 Å². The molecule has 2 bridgehead atoms. The summed E-state index contributed by atoms with van der Waals surface area (Å²) in [6.07, 6.45) is 1.15. The lowest BCUT2D eigenvalue weighted by molar-refractivity contribution is -0.253. The van der Waals surface area contributed by atoms with E-state index >= 15 is 0 Å². The van der Waals surface area contributed by atoms with Crippen molar-refractivity contribution in [3.05, 3.63) is 12.7 Å². The standard InChI is InChI=1S/C14H14O8/c1-2-10(16)19-5-11(17)21-12-7-3-8-9(4-7)14(12,20-6-15)22-13(8)18/h2,6-9,12H,1,3-5H2. The van der Waals surface area contributed by atoms with Crippen LogP contribution in [-0.4, -0.2) is 42.9 Å². The molecule has 2 saturated carbocycles. The number of esters is 3. The molecular weight excluding hydrogens is 296 g/mol. The summed E-state index contributed by atoms with van der Waals surface area (Å²) in [5.41, 5.74) is 0. The first-order valence-corrected chi connectivity index (χ1v) is 6.84. The van der Waals surface area contributed by atoms with Crippen LogP contribution in [0.2, 0.25) is 0 Å². The van der Waals surface area contributed by atoms with E-state index in [1.807, 2.05) is 0 Å². The van der Waals surface area contributed by atoms with Crippen LogP contribution < -0.4 is 0 Å². The summed E-state index contributed by atoms with van der Waals surface area (Å²) in [4.78, 5) is 45.3. The topological polar surface area (TPSA) is 105 Å². The summed E-state index contributed by atoms with van der Waals surface area (Å²) in [6.45, 7) is 2.80. The average Bonchev–Trinajstić information content (AvgIpc) is 3.09.